The van der Waals surface area contributed by atoms with Crippen molar-refractivity contribution < 1.29 is 32.9 Å². The summed E-state index contributed by atoms with van der Waals surface area (Å²) < 4.78 is 43.0. The van der Waals surface area contributed by atoms with Crippen LogP contribution in [0.15, 0.2) is 12.1 Å². The number of rotatable bonds is 3. The number of carboxylic acids is 1. The molecule has 2 rings (SSSR count). The first kappa shape index (κ1) is 14.5. The summed E-state index contributed by atoms with van der Waals surface area (Å²) in [6.07, 6.45) is -3.47. The van der Waals surface area contributed by atoms with E-state index in [1.807, 2.05) is 0 Å². The summed E-state index contributed by atoms with van der Waals surface area (Å²) in [7, 11) is 1.00. The van der Waals surface area contributed by atoms with Crippen molar-refractivity contribution in [2.75, 3.05) is 7.11 Å². The van der Waals surface area contributed by atoms with Gasteiger partial charge in [0, 0.05) is 5.56 Å². The summed E-state index contributed by atoms with van der Waals surface area (Å²) in [5.74, 6) is -2.63. The quantitative estimate of drug-likeness (QED) is 0.898. The van der Waals surface area contributed by atoms with Crippen molar-refractivity contribution in [3.05, 3.63) is 23.3 Å². The molecule has 1 aromatic rings. The summed E-state index contributed by atoms with van der Waals surface area (Å²) >= 11 is 0. The van der Waals surface area contributed by atoms with Gasteiger partial charge in [0.05, 0.1) is 12.5 Å². The van der Waals surface area contributed by atoms with Crippen LogP contribution in [0.25, 0.3) is 0 Å². The minimum atomic E-state index is -4.68. The molecule has 0 aromatic heterocycles. The van der Waals surface area contributed by atoms with Crippen LogP contribution in [0.2, 0.25) is 0 Å². The minimum Gasteiger partial charge on any atom is -0.504 e. The van der Waals surface area contributed by atoms with Gasteiger partial charge in [0.2, 0.25) is 0 Å². The molecular weight excluding hydrogens is 277 g/mol. The van der Waals surface area contributed by atoms with Gasteiger partial charge in [-0.25, -0.2) is 0 Å². The first-order chi connectivity index (χ1) is 9.24. The predicted octanol–water partition coefficient (Wildman–Crippen LogP) is 2.93. The van der Waals surface area contributed by atoms with Gasteiger partial charge < -0.3 is 14.9 Å². The number of phenolic OH excluding ortho intramolecular Hbond substituents is 1. The summed E-state index contributed by atoms with van der Waals surface area (Å²) in [4.78, 5) is 11.4. The summed E-state index contributed by atoms with van der Waals surface area (Å²) in [6.45, 7) is 0. The van der Waals surface area contributed by atoms with Gasteiger partial charge >= 0.3 is 12.1 Å². The number of carbonyl (C=O) groups is 1. The Hall–Kier alpha value is -1.92. The van der Waals surface area contributed by atoms with Crippen molar-refractivity contribution in [1.82, 2.24) is 0 Å². The number of aliphatic carboxylic acids is 1. The van der Waals surface area contributed by atoms with Gasteiger partial charge in [0.15, 0.2) is 11.5 Å². The van der Waals surface area contributed by atoms with E-state index in [1.165, 1.54) is 0 Å². The van der Waals surface area contributed by atoms with E-state index >= 15 is 0 Å². The van der Waals surface area contributed by atoms with Gasteiger partial charge in [-0.3, -0.25) is 4.79 Å². The Balaban J connectivity index is 2.61. The third-order valence-corrected chi connectivity index (χ3v) is 3.77. The fourth-order valence-electron chi connectivity index (χ4n) is 2.52. The lowest BCUT2D eigenvalue weighted by Crippen LogP contribution is -2.42. The summed E-state index contributed by atoms with van der Waals surface area (Å²) in [5.41, 5.74) is -2.47. The molecule has 110 valence electrons. The van der Waals surface area contributed by atoms with Gasteiger partial charge in [-0.2, -0.15) is 13.2 Å². The molecule has 0 saturated heterocycles. The number of halogens is 3. The Morgan fingerprint density at radius 2 is 1.95 bits per heavy atom. The van der Waals surface area contributed by atoms with Gasteiger partial charge in [-0.15, -0.1) is 0 Å². The van der Waals surface area contributed by atoms with E-state index in [0.717, 1.165) is 19.2 Å². The maximum Gasteiger partial charge on any atom is 0.420 e. The van der Waals surface area contributed by atoms with E-state index < -0.39 is 34.6 Å². The van der Waals surface area contributed by atoms with E-state index in [0.29, 0.717) is 6.42 Å². The lowest BCUT2D eigenvalue weighted by Gasteiger charge is -2.38. The van der Waals surface area contributed by atoms with Gasteiger partial charge in [0.25, 0.3) is 0 Å². The normalized spacial score (nSPS) is 17.4. The number of aromatic hydroxyl groups is 1. The number of phenols is 1. The average molecular weight is 290 g/mol. The summed E-state index contributed by atoms with van der Waals surface area (Å²) in [6, 6.07) is 1.77. The molecule has 0 atom stereocenters. The zero-order chi connectivity index (χ0) is 15.1. The monoisotopic (exact) mass is 290 g/mol. The largest absolute Gasteiger partial charge is 0.504 e. The van der Waals surface area contributed by atoms with Gasteiger partial charge in [-0.05, 0) is 18.9 Å². The fourth-order valence-corrected chi connectivity index (χ4v) is 2.52. The number of ether oxygens (including phenoxy) is 1. The molecule has 1 aliphatic carbocycles. The summed E-state index contributed by atoms with van der Waals surface area (Å²) in [5, 5.41) is 19.3. The number of benzene rings is 1. The van der Waals surface area contributed by atoms with Crippen LogP contribution in [0.5, 0.6) is 11.5 Å². The molecule has 0 bridgehead atoms. The van der Waals surface area contributed by atoms with Crippen molar-refractivity contribution >= 4 is 5.97 Å². The molecule has 20 heavy (non-hydrogen) atoms. The second-order valence-corrected chi connectivity index (χ2v) is 4.78. The minimum absolute atomic E-state index is 0.0268. The van der Waals surface area contributed by atoms with E-state index in [1.54, 1.807) is 0 Å². The van der Waals surface area contributed by atoms with E-state index in [9.17, 15) is 28.2 Å². The van der Waals surface area contributed by atoms with Crippen LogP contribution in [-0.2, 0) is 16.4 Å². The van der Waals surface area contributed by atoms with Crippen LogP contribution in [0.4, 0.5) is 13.2 Å². The van der Waals surface area contributed by atoms with Crippen LogP contribution < -0.4 is 4.74 Å². The van der Waals surface area contributed by atoms with Crippen molar-refractivity contribution in [3.63, 3.8) is 0 Å². The van der Waals surface area contributed by atoms with Crippen LogP contribution in [-0.4, -0.2) is 23.3 Å². The number of methoxy groups -OCH3 is 1. The highest BCUT2D eigenvalue weighted by atomic mass is 19.4. The smallest absolute Gasteiger partial charge is 0.420 e. The molecule has 1 saturated carbocycles. The zero-order valence-electron chi connectivity index (χ0n) is 10.6. The highest BCUT2D eigenvalue weighted by Gasteiger charge is 2.49. The standard InChI is InChI=1S/C13H13F3O4/c1-20-10-8(13(14,15)16)4-3-7(9(10)17)12(11(18)19)5-2-6-12/h3-4,17H,2,5-6H2,1H3,(H,18,19). The maximum absolute atomic E-state index is 12.8. The fraction of sp³-hybridized carbons (Fsp3) is 0.462. The van der Waals surface area contributed by atoms with Crippen molar-refractivity contribution in [2.24, 2.45) is 0 Å². The van der Waals surface area contributed by atoms with Crippen molar-refractivity contribution in [3.8, 4) is 11.5 Å². The Morgan fingerprint density at radius 1 is 1.35 bits per heavy atom. The first-order valence-electron chi connectivity index (χ1n) is 5.95. The zero-order valence-corrected chi connectivity index (χ0v) is 10.6. The Bertz CT molecular complexity index is 547. The first-order valence-corrected chi connectivity index (χ1v) is 5.95. The van der Waals surface area contributed by atoms with Crippen LogP contribution in [0.1, 0.15) is 30.4 Å². The van der Waals surface area contributed by atoms with Crippen molar-refractivity contribution in [1.29, 1.82) is 0 Å². The second-order valence-electron chi connectivity index (χ2n) is 4.78. The third-order valence-electron chi connectivity index (χ3n) is 3.77. The Morgan fingerprint density at radius 3 is 2.30 bits per heavy atom. The average Bonchev–Trinajstić information content (AvgIpc) is 2.27. The lowest BCUT2D eigenvalue weighted by molar-refractivity contribution is -0.147. The van der Waals surface area contributed by atoms with E-state index in [4.69, 9.17) is 0 Å². The van der Waals surface area contributed by atoms with Gasteiger partial charge in [0.1, 0.15) is 5.56 Å². The number of hydrogen-bond donors (Lipinski definition) is 2. The number of alkyl halides is 3. The van der Waals surface area contributed by atoms with Crippen molar-refractivity contribution in [2.45, 2.75) is 30.9 Å². The molecule has 0 aliphatic heterocycles. The molecule has 4 nitrogen and oxygen atoms in total. The molecule has 0 spiro atoms. The maximum atomic E-state index is 12.8. The van der Waals surface area contributed by atoms with E-state index in [2.05, 4.69) is 4.74 Å². The molecule has 1 aromatic carbocycles. The molecule has 1 fully saturated rings. The highest BCUT2D eigenvalue weighted by molar-refractivity contribution is 5.84. The number of carboxylic acid groups (broad SMARTS) is 1. The third kappa shape index (κ3) is 1.97. The molecule has 0 heterocycles. The van der Waals surface area contributed by atoms with Crippen LogP contribution in [0, 0.1) is 0 Å². The highest BCUT2D eigenvalue weighted by Crippen LogP contribution is 2.52. The SMILES string of the molecule is COc1c(C(F)(F)F)ccc(C2(C(=O)O)CCC2)c1O. The molecule has 2 N–H and O–H groups in total. The molecule has 7 heteroatoms. The Labute approximate surface area is 112 Å². The van der Waals surface area contributed by atoms with E-state index in [-0.39, 0.29) is 18.4 Å². The molecule has 1 aliphatic rings. The van der Waals surface area contributed by atoms with Crippen LogP contribution >= 0.6 is 0 Å². The topological polar surface area (TPSA) is 66.8 Å². The second kappa shape index (κ2) is 4.57. The lowest BCUT2D eigenvalue weighted by atomic mass is 9.64. The predicted molar refractivity (Wildman–Crippen MR) is 62.8 cm³/mol. The molecule has 0 radical (unpaired) electrons. The number of hydrogen-bond acceptors (Lipinski definition) is 3. The molecular formula is C13H13F3O4. The Kier molecular flexibility index (Phi) is 3.31. The van der Waals surface area contributed by atoms with Crippen LogP contribution in [0.3, 0.4) is 0 Å². The molecule has 0 unspecified atom stereocenters. The molecule has 0 amide bonds. The van der Waals surface area contributed by atoms with Gasteiger partial charge in [-0.1, -0.05) is 12.5 Å².